The average Bonchev–Trinajstić information content (AvgIpc) is 3.45. The van der Waals surface area contributed by atoms with Crippen molar-refractivity contribution >= 4 is 16.9 Å². The maximum Gasteiger partial charge on any atom is 0.251 e. The standard InChI is InChI=1S/C28H25N5O3/c1-35-21-7-3-5-18(15-21)26-27(19-6-4-8-22(16-19)36-2)33-24-17-20(9-10-23(24)32-26)28(34)31-12-11-25-29-13-14-30-25/h3-10,13-17H,11-12H2,1-2H3,(H,29,30)(H,31,34). The summed E-state index contributed by atoms with van der Waals surface area (Å²) < 4.78 is 10.9. The number of amides is 1. The summed E-state index contributed by atoms with van der Waals surface area (Å²) in [6.07, 6.45) is 4.08. The first-order valence-corrected chi connectivity index (χ1v) is 11.5. The van der Waals surface area contributed by atoms with Gasteiger partial charge < -0.3 is 19.8 Å². The van der Waals surface area contributed by atoms with Gasteiger partial charge in [0.1, 0.15) is 17.3 Å². The van der Waals surface area contributed by atoms with Crippen LogP contribution in [0.1, 0.15) is 16.2 Å². The summed E-state index contributed by atoms with van der Waals surface area (Å²) in [6.45, 7) is 0.472. The summed E-state index contributed by atoms with van der Waals surface area (Å²) in [5, 5.41) is 2.94. The number of H-pyrrole nitrogens is 1. The van der Waals surface area contributed by atoms with Gasteiger partial charge in [-0.25, -0.2) is 15.0 Å². The first kappa shape index (κ1) is 23.0. The highest BCUT2D eigenvalue weighted by molar-refractivity contribution is 5.98. The number of carbonyl (C=O) groups is 1. The number of aromatic amines is 1. The first-order chi connectivity index (χ1) is 17.6. The van der Waals surface area contributed by atoms with Crippen LogP contribution in [-0.4, -0.2) is 46.6 Å². The molecule has 0 saturated carbocycles. The van der Waals surface area contributed by atoms with Crippen LogP contribution in [0.4, 0.5) is 0 Å². The summed E-state index contributed by atoms with van der Waals surface area (Å²) in [5.74, 6) is 2.10. The van der Waals surface area contributed by atoms with Gasteiger partial charge in [0.2, 0.25) is 0 Å². The van der Waals surface area contributed by atoms with Crippen LogP contribution in [0.3, 0.4) is 0 Å². The molecule has 2 aromatic heterocycles. The van der Waals surface area contributed by atoms with E-state index < -0.39 is 0 Å². The van der Waals surface area contributed by atoms with Crippen molar-refractivity contribution in [3.63, 3.8) is 0 Å². The van der Waals surface area contributed by atoms with Crippen LogP contribution in [0.25, 0.3) is 33.5 Å². The number of aromatic nitrogens is 4. The van der Waals surface area contributed by atoms with Gasteiger partial charge in [-0.1, -0.05) is 24.3 Å². The van der Waals surface area contributed by atoms with Gasteiger partial charge in [-0.2, -0.15) is 0 Å². The molecule has 5 aromatic rings. The molecular formula is C28H25N5O3. The van der Waals surface area contributed by atoms with Gasteiger partial charge >= 0.3 is 0 Å². The highest BCUT2D eigenvalue weighted by Gasteiger charge is 2.16. The van der Waals surface area contributed by atoms with Crippen molar-refractivity contribution in [2.24, 2.45) is 0 Å². The van der Waals surface area contributed by atoms with E-state index in [0.717, 1.165) is 28.5 Å². The molecule has 0 bridgehead atoms. The van der Waals surface area contributed by atoms with E-state index in [0.29, 0.717) is 41.0 Å². The molecule has 0 aliphatic heterocycles. The number of nitrogens with zero attached hydrogens (tertiary/aromatic N) is 3. The molecule has 0 aliphatic rings. The number of hydrogen-bond donors (Lipinski definition) is 2. The van der Waals surface area contributed by atoms with Gasteiger partial charge in [0.25, 0.3) is 5.91 Å². The van der Waals surface area contributed by atoms with Gasteiger partial charge in [-0.05, 0) is 42.5 Å². The van der Waals surface area contributed by atoms with Crippen molar-refractivity contribution < 1.29 is 14.3 Å². The zero-order valence-electron chi connectivity index (χ0n) is 20.0. The maximum atomic E-state index is 12.8. The van der Waals surface area contributed by atoms with Gasteiger partial charge in [0.15, 0.2) is 0 Å². The Kier molecular flexibility index (Phi) is 6.57. The Balaban J connectivity index is 1.54. The number of carbonyl (C=O) groups excluding carboxylic acids is 1. The Labute approximate surface area is 208 Å². The van der Waals surface area contributed by atoms with Crippen LogP contribution in [0.15, 0.2) is 79.1 Å². The van der Waals surface area contributed by atoms with Crippen LogP contribution in [0, 0.1) is 0 Å². The third-order valence-electron chi connectivity index (χ3n) is 5.81. The summed E-state index contributed by atoms with van der Waals surface area (Å²) in [6, 6.07) is 20.8. The van der Waals surface area contributed by atoms with Crippen molar-refractivity contribution in [1.29, 1.82) is 0 Å². The first-order valence-electron chi connectivity index (χ1n) is 11.5. The number of ether oxygens (including phenoxy) is 2. The molecule has 0 atom stereocenters. The Morgan fingerprint density at radius 3 is 2.14 bits per heavy atom. The highest BCUT2D eigenvalue weighted by Crippen LogP contribution is 2.34. The normalized spacial score (nSPS) is 10.8. The third kappa shape index (κ3) is 4.88. The Bertz CT molecular complexity index is 1520. The summed E-state index contributed by atoms with van der Waals surface area (Å²) >= 11 is 0. The molecule has 5 rings (SSSR count). The second-order valence-corrected chi connectivity index (χ2v) is 8.13. The zero-order valence-corrected chi connectivity index (χ0v) is 20.0. The molecule has 8 nitrogen and oxygen atoms in total. The van der Waals surface area contributed by atoms with Crippen molar-refractivity contribution in [3.8, 4) is 34.0 Å². The molecule has 0 spiro atoms. The molecule has 36 heavy (non-hydrogen) atoms. The minimum atomic E-state index is -0.176. The summed E-state index contributed by atoms with van der Waals surface area (Å²) in [7, 11) is 3.26. The van der Waals surface area contributed by atoms with Gasteiger partial charge in [0, 0.05) is 42.0 Å². The zero-order chi connectivity index (χ0) is 24.9. The fraction of sp³-hybridized carbons (Fsp3) is 0.143. The molecule has 0 radical (unpaired) electrons. The molecule has 0 fully saturated rings. The lowest BCUT2D eigenvalue weighted by Crippen LogP contribution is -2.25. The van der Waals surface area contributed by atoms with E-state index in [1.807, 2.05) is 54.6 Å². The lowest BCUT2D eigenvalue weighted by atomic mass is 10.0. The largest absolute Gasteiger partial charge is 0.497 e. The van der Waals surface area contributed by atoms with E-state index in [1.54, 1.807) is 38.7 Å². The predicted molar refractivity (Wildman–Crippen MR) is 138 cm³/mol. The fourth-order valence-corrected chi connectivity index (χ4v) is 3.97. The maximum absolute atomic E-state index is 12.8. The second kappa shape index (κ2) is 10.3. The molecule has 2 heterocycles. The van der Waals surface area contributed by atoms with E-state index in [9.17, 15) is 4.79 Å². The van der Waals surface area contributed by atoms with Crippen molar-refractivity contribution in [1.82, 2.24) is 25.3 Å². The van der Waals surface area contributed by atoms with Crippen LogP contribution < -0.4 is 14.8 Å². The highest BCUT2D eigenvalue weighted by atomic mass is 16.5. The number of benzene rings is 3. The number of nitrogens with one attached hydrogen (secondary N) is 2. The number of rotatable bonds is 8. The Hall–Kier alpha value is -4.72. The molecule has 3 aromatic carbocycles. The fourth-order valence-electron chi connectivity index (χ4n) is 3.97. The average molecular weight is 480 g/mol. The Morgan fingerprint density at radius 1 is 0.861 bits per heavy atom. The molecular weight excluding hydrogens is 454 g/mol. The minimum absolute atomic E-state index is 0.176. The van der Waals surface area contributed by atoms with Crippen molar-refractivity contribution in [2.45, 2.75) is 6.42 Å². The predicted octanol–water partition coefficient (Wildman–Crippen LogP) is 4.68. The number of imidazole rings is 1. The molecule has 8 heteroatoms. The lowest BCUT2D eigenvalue weighted by molar-refractivity contribution is 0.0954. The summed E-state index contributed by atoms with van der Waals surface area (Å²) in [4.78, 5) is 29.9. The van der Waals surface area contributed by atoms with Crippen LogP contribution in [-0.2, 0) is 6.42 Å². The molecule has 2 N–H and O–H groups in total. The van der Waals surface area contributed by atoms with Crippen LogP contribution in [0.2, 0.25) is 0 Å². The van der Waals surface area contributed by atoms with E-state index in [-0.39, 0.29) is 5.91 Å². The number of fused-ring (bicyclic) bond motifs is 1. The van der Waals surface area contributed by atoms with E-state index in [1.165, 1.54) is 0 Å². The van der Waals surface area contributed by atoms with Crippen LogP contribution >= 0.6 is 0 Å². The monoisotopic (exact) mass is 479 g/mol. The molecule has 0 saturated heterocycles. The van der Waals surface area contributed by atoms with E-state index in [4.69, 9.17) is 19.4 Å². The minimum Gasteiger partial charge on any atom is -0.497 e. The number of methoxy groups -OCH3 is 2. The molecule has 0 unspecified atom stereocenters. The smallest absolute Gasteiger partial charge is 0.251 e. The van der Waals surface area contributed by atoms with Crippen molar-refractivity contribution in [3.05, 3.63) is 90.5 Å². The molecule has 0 aliphatic carbocycles. The quantitative estimate of drug-likeness (QED) is 0.335. The number of hydrogen-bond acceptors (Lipinski definition) is 6. The summed E-state index contributed by atoms with van der Waals surface area (Å²) in [5.41, 5.74) is 4.96. The second-order valence-electron chi connectivity index (χ2n) is 8.13. The molecule has 180 valence electrons. The van der Waals surface area contributed by atoms with Crippen molar-refractivity contribution in [2.75, 3.05) is 20.8 Å². The lowest BCUT2D eigenvalue weighted by Gasteiger charge is -2.13. The van der Waals surface area contributed by atoms with Crippen LogP contribution in [0.5, 0.6) is 11.5 Å². The Morgan fingerprint density at radius 2 is 1.53 bits per heavy atom. The molecule has 1 amide bonds. The SMILES string of the molecule is COc1cccc(-c2nc3ccc(C(=O)NCCc4ncc[nH]4)cc3nc2-c2cccc(OC)c2)c1. The van der Waals surface area contributed by atoms with Gasteiger partial charge in [-0.15, -0.1) is 0 Å². The topological polar surface area (TPSA) is 102 Å². The van der Waals surface area contributed by atoms with Gasteiger partial charge in [0.05, 0.1) is 36.6 Å². The third-order valence-corrected chi connectivity index (χ3v) is 5.81. The van der Waals surface area contributed by atoms with E-state index in [2.05, 4.69) is 15.3 Å². The van der Waals surface area contributed by atoms with E-state index >= 15 is 0 Å². The van der Waals surface area contributed by atoms with Gasteiger partial charge in [-0.3, -0.25) is 4.79 Å².